The molecule has 1 atom stereocenters. The van der Waals surface area contributed by atoms with Gasteiger partial charge < -0.3 is 14.6 Å². The van der Waals surface area contributed by atoms with Crippen molar-refractivity contribution < 1.29 is 14.3 Å². The summed E-state index contributed by atoms with van der Waals surface area (Å²) in [5.41, 5.74) is 7.92. The van der Waals surface area contributed by atoms with Gasteiger partial charge >= 0.3 is 5.97 Å². The highest BCUT2D eigenvalue weighted by Crippen LogP contribution is 2.30. The number of fused-ring (bicyclic) bond motifs is 1. The molecule has 0 saturated carbocycles. The molecule has 0 saturated heterocycles. The Kier molecular flexibility index (Phi) is 8.56. The van der Waals surface area contributed by atoms with Gasteiger partial charge in [-0.25, -0.2) is 9.78 Å². The fraction of sp³-hybridized carbons (Fsp3) is 0.250. The summed E-state index contributed by atoms with van der Waals surface area (Å²) in [6.07, 6.45) is 1.72. The molecule has 43 heavy (non-hydrogen) atoms. The number of ether oxygens (including phenoxy) is 1. The lowest BCUT2D eigenvalue weighted by Crippen LogP contribution is -2.26. The topological polar surface area (TPSA) is 73.2 Å². The fourth-order valence-corrected chi connectivity index (χ4v) is 5.65. The van der Waals surface area contributed by atoms with E-state index in [-0.39, 0.29) is 17.9 Å². The van der Waals surface area contributed by atoms with Crippen molar-refractivity contribution >= 4 is 38.7 Å². The van der Waals surface area contributed by atoms with E-state index in [1.807, 2.05) is 82.3 Å². The molecule has 0 aliphatic carbocycles. The zero-order valence-electron chi connectivity index (χ0n) is 25.4. The van der Waals surface area contributed by atoms with E-state index in [0.29, 0.717) is 17.7 Å². The number of hydrogen-bond donors (Lipinski definition) is 1. The Morgan fingerprint density at radius 3 is 2.40 bits per heavy atom. The summed E-state index contributed by atoms with van der Waals surface area (Å²) in [5, 5.41) is 4.16. The number of carbonyl (C=O) groups is 2. The van der Waals surface area contributed by atoms with Crippen LogP contribution in [-0.4, -0.2) is 27.0 Å². The second-order valence-electron chi connectivity index (χ2n) is 11.9. The minimum atomic E-state index is -0.565. The van der Waals surface area contributed by atoms with Crippen LogP contribution in [0, 0.1) is 13.8 Å². The maximum absolute atomic E-state index is 13.2. The summed E-state index contributed by atoms with van der Waals surface area (Å²) >= 11 is 3.40. The first-order valence-corrected chi connectivity index (χ1v) is 15.1. The van der Waals surface area contributed by atoms with E-state index >= 15 is 0 Å². The molecular weight excluding hydrogens is 602 g/mol. The predicted octanol–water partition coefficient (Wildman–Crippen LogP) is 8.58. The van der Waals surface area contributed by atoms with Gasteiger partial charge in [-0.05, 0) is 122 Å². The summed E-state index contributed by atoms with van der Waals surface area (Å²) in [4.78, 5) is 30.2. The molecule has 220 valence electrons. The molecule has 0 spiro atoms. The highest BCUT2D eigenvalue weighted by atomic mass is 79.9. The first-order chi connectivity index (χ1) is 20.4. The van der Waals surface area contributed by atoms with Gasteiger partial charge in [-0.1, -0.05) is 42.5 Å². The van der Waals surface area contributed by atoms with Crippen LogP contribution >= 0.6 is 15.9 Å². The van der Waals surface area contributed by atoms with E-state index in [4.69, 9.17) is 4.74 Å². The van der Waals surface area contributed by atoms with Crippen LogP contribution in [0.1, 0.15) is 76.8 Å². The summed E-state index contributed by atoms with van der Waals surface area (Å²) in [6.45, 7) is 12.5. The van der Waals surface area contributed by atoms with E-state index in [1.165, 1.54) is 0 Å². The van der Waals surface area contributed by atoms with Crippen molar-refractivity contribution in [2.45, 2.75) is 59.7 Å². The molecule has 0 fully saturated rings. The van der Waals surface area contributed by atoms with Crippen molar-refractivity contribution in [3.63, 3.8) is 0 Å². The summed E-state index contributed by atoms with van der Waals surface area (Å²) in [7, 11) is 0. The number of rotatable bonds is 7. The molecule has 1 amide bonds. The largest absolute Gasteiger partial charge is 0.456 e. The van der Waals surface area contributed by atoms with Crippen LogP contribution in [0.4, 0.5) is 0 Å². The standard InChI is InChI=1S/C36H36BrN3O3/c1-22-24(3)40(32-16-15-28(19-31(22)32)34(41)39-23(2)27-17-18-38-33(37)20-27)21-25-11-13-26(14-12-25)29-9-7-8-10-30(29)35(42)43-36(4,5)6/h7-20,23H,21H2,1-6H3,(H,39,41). The van der Waals surface area contributed by atoms with Crippen LogP contribution in [0.5, 0.6) is 0 Å². The Bertz CT molecular complexity index is 1820. The van der Waals surface area contributed by atoms with Gasteiger partial charge in [-0.2, -0.15) is 0 Å². The molecule has 1 N–H and O–H groups in total. The molecule has 6 nitrogen and oxygen atoms in total. The highest BCUT2D eigenvalue weighted by molar-refractivity contribution is 9.10. The molecule has 2 aromatic heterocycles. The first kappa shape index (κ1) is 30.2. The molecule has 3 aromatic carbocycles. The lowest BCUT2D eigenvalue weighted by atomic mass is 9.98. The van der Waals surface area contributed by atoms with Crippen molar-refractivity contribution in [3.05, 3.63) is 123 Å². The number of amides is 1. The Balaban J connectivity index is 1.37. The maximum Gasteiger partial charge on any atom is 0.339 e. The van der Waals surface area contributed by atoms with Gasteiger partial charge in [0.1, 0.15) is 10.2 Å². The lowest BCUT2D eigenvalue weighted by Gasteiger charge is -2.20. The van der Waals surface area contributed by atoms with Gasteiger partial charge in [0.05, 0.1) is 11.6 Å². The molecule has 0 aliphatic rings. The molecule has 2 heterocycles. The average molecular weight is 639 g/mol. The maximum atomic E-state index is 13.2. The third-order valence-electron chi connectivity index (χ3n) is 7.65. The number of nitrogens with one attached hydrogen (secondary N) is 1. The van der Waals surface area contributed by atoms with E-state index in [0.717, 1.165) is 49.0 Å². The lowest BCUT2D eigenvalue weighted by molar-refractivity contribution is 0.00703. The van der Waals surface area contributed by atoms with Crippen LogP contribution in [0.2, 0.25) is 0 Å². The molecule has 1 unspecified atom stereocenters. The number of aryl methyl sites for hydroxylation is 1. The van der Waals surface area contributed by atoms with Crippen LogP contribution < -0.4 is 5.32 Å². The van der Waals surface area contributed by atoms with E-state index in [2.05, 4.69) is 68.9 Å². The second-order valence-corrected chi connectivity index (χ2v) is 12.7. The third kappa shape index (κ3) is 6.73. The minimum absolute atomic E-state index is 0.116. The van der Waals surface area contributed by atoms with Crippen molar-refractivity contribution in [2.24, 2.45) is 0 Å². The molecular formula is C36H36BrN3O3. The zero-order chi connectivity index (χ0) is 30.9. The highest BCUT2D eigenvalue weighted by Gasteiger charge is 2.21. The molecule has 7 heteroatoms. The van der Waals surface area contributed by atoms with Crippen molar-refractivity contribution in [1.82, 2.24) is 14.9 Å². The van der Waals surface area contributed by atoms with E-state index < -0.39 is 5.60 Å². The smallest absolute Gasteiger partial charge is 0.339 e. The van der Waals surface area contributed by atoms with Crippen LogP contribution in [-0.2, 0) is 11.3 Å². The van der Waals surface area contributed by atoms with E-state index in [1.54, 1.807) is 6.20 Å². The number of aromatic nitrogens is 2. The summed E-state index contributed by atoms with van der Waals surface area (Å²) in [6, 6.07) is 25.4. The van der Waals surface area contributed by atoms with Crippen LogP contribution in [0.3, 0.4) is 0 Å². The van der Waals surface area contributed by atoms with Gasteiger partial charge in [0.2, 0.25) is 0 Å². The number of nitrogens with zero attached hydrogens (tertiary/aromatic N) is 2. The fourth-order valence-electron chi connectivity index (χ4n) is 5.26. The van der Waals surface area contributed by atoms with Gasteiger partial charge in [0, 0.05) is 34.9 Å². The number of esters is 1. The molecule has 0 radical (unpaired) electrons. The summed E-state index contributed by atoms with van der Waals surface area (Å²) < 4.78 is 8.66. The Labute approximate surface area is 261 Å². The quantitative estimate of drug-likeness (QED) is 0.143. The van der Waals surface area contributed by atoms with Crippen molar-refractivity contribution in [1.29, 1.82) is 0 Å². The van der Waals surface area contributed by atoms with Crippen molar-refractivity contribution in [3.8, 4) is 11.1 Å². The average Bonchev–Trinajstić information content (AvgIpc) is 3.21. The first-order valence-electron chi connectivity index (χ1n) is 14.3. The Morgan fingerprint density at radius 1 is 0.977 bits per heavy atom. The molecule has 0 aliphatic heterocycles. The predicted molar refractivity (Wildman–Crippen MR) is 175 cm³/mol. The number of carbonyl (C=O) groups excluding carboxylic acids is 2. The number of pyridine rings is 1. The van der Waals surface area contributed by atoms with E-state index in [9.17, 15) is 9.59 Å². The molecule has 0 bridgehead atoms. The molecule has 5 rings (SSSR count). The van der Waals surface area contributed by atoms with Gasteiger partial charge in [0.25, 0.3) is 5.91 Å². The molecule has 5 aromatic rings. The monoisotopic (exact) mass is 637 g/mol. The SMILES string of the molecule is Cc1c(C)n(Cc2ccc(-c3ccccc3C(=O)OC(C)(C)C)cc2)c2ccc(C(=O)NC(C)c3ccnc(Br)c3)cc12. The van der Waals surface area contributed by atoms with Crippen LogP contribution in [0.15, 0.2) is 89.7 Å². The Morgan fingerprint density at radius 2 is 1.70 bits per heavy atom. The third-order valence-corrected chi connectivity index (χ3v) is 8.08. The zero-order valence-corrected chi connectivity index (χ0v) is 27.0. The number of halogens is 1. The van der Waals surface area contributed by atoms with Gasteiger partial charge in [-0.3, -0.25) is 4.79 Å². The summed E-state index contributed by atoms with van der Waals surface area (Å²) in [5.74, 6) is -0.445. The van der Waals surface area contributed by atoms with Gasteiger partial charge in [0.15, 0.2) is 0 Å². The number of hydrogen-bond acceptors (Lipinski definition) is 4. The Hall–Kier alpha value is -4.23. The second kappa shape index (κ2) is 12.2. The minimum Gasteiger partial charge on any atom is -0.456 e. The van der Waals surface area contributed by atoms with Crippen molar-refractivity contribution in [2.75, 3.05) is 0 Å². The normalized spacial score (nSPS) is 12.3. The van der Waals surface area contributed by atoms with Gasteiger partial charge in [-0.15, -0.1) is 0 Å². The number of benzene rings is 3. The van der Waals surface area contributed by atoms with Crippen LogP contribution in [0.25, 0.3) is 22.0 Å².